The molecule has 1 unspecified atom stereocenters. The fourth-order valence-corrected chi connectivity index (χ4v) is 3.08. The Bertz CT molecular complexity index is 614. The number of carbonyl (C=O) groups excluding carboxylic acids is 1. The first kappa shape index (κ1) is 20.2. The minimum Gasteiger partial charge on any atom is -0.356 e. The first-order valence-electron chi connectivity index (χ1n) is 9.54. The molecule has 1 aliphatic heterocycles. The van der Waals surface area contributed by atoms with Crippen molar-refractivity contribution in [3.8, 4) is 0 Å². The van der Waals surface area contributed by atoms with Crippen LogP contribution in [0.5, 0.6) is 0 Å². The molecular weight excluding hydrogens is 326 g/mol. The van der Waals surface area contributed by atoms with E-state index in [2.05, 4.69) is 52.8 Å². The van der Waals surface area contributed by atoms with Gasteiger partial charge in [-0.1, -0.05) is 18.2 Å². The second-order valence-electron chi connectivity index (χ2n) is 7.20. The minimum atomic E-state index is 0.0766. The van der Waals surface area contributed by atoms with Gasteiger partial charge in [-0.2, -0.15) is 0 Å². The number of aliphatic imine (C=N–C) groups is 1. The molecule has 6 heteroatoms. The highest BCUT2D eigenvalue weighted by atomic mass is 16.1. The number of hydrogen-bond acceptors (Lipinski definition) is 3. The van der Waals surface area contributed by atoms with E-state index in [1.54, 1.807) is 7.05 Å². The molecule has 26 heavy (non-hydrogen) atoms. The molecule has 3 N–H and O–H groups in total. The lowest BCUT2D eigenvalue weighted by Crippen LogP contribution is -2.41. The van der Waals surface area contributed by atoms with Crippen molar-refractivity contribution in [3.05, 3.63) is 29.8 Å². The summed E-state index contributed by atoms with van der Waals surface area (Å²) in [7, 11) is 3.94. The number of nitrogens with one attached hydrogen (secondary N) is 3. The van der Waals surface area contributed by atoms with Crippen LogP contribution in [-0.2, 0) is 4.79 Å². The number of guanidine groups is 1. The highest BCUT2D eigenvalue weighted by molar-refractivity contribution is 5.94. The Morgan fingerprint density at radius 1 is 1.31 bits per heavy atom. The van der Waals surface area contributed by atoms with Crippen LogP contribution in [0.15, 0.2) is 29.3 Å². The van der Waals surface area contributed by atoms with E-state index in [1.165, 1.54) is 5.56 Å². The van der Waals surface area contributed by atoms with Gasteiger partial charge < -0.3 is 20.9 Å². The van der Waals surface area contributed by atoms with E-state index in [4.69, 9.17) is 0 Å². The Kier molecular flexibility index (Phi) is 7.91. The molecule has 1 aromatic carbocycles. The first-order chi connectivity index (χ1) is 12.5. The normalized spacial score (nSPS) is 17.2. The third kappa shape index (κ3) is 6.02. The largest absolute Gasteiger partial charge is 0.356 e. The van der Waals surface area contributed by atoms with Gasteiger partial charge in [0.2, 0.25) is 5.91 Å². The van der Waals surface area contributed by atoms with Crippen LogP contribution in [-0.4, -0.2) is 56.5 Å². The molecule has 0 spiro atoms. The summed E-state index contributed by atoms with van der Waals surface area (Å²) < 4.78 is 0. The van der Waals surface area contributed by atoms with Crippen LogP contribution < -0.4 is 16.0 Å². The Hall–Kier alpha value is -2.08. The molecule has 0 radical (unpaired) electrons. The van der Waals surface area contributed by atoms with Crippen molar-refractivity contribution in [1.82, 2.24) is 15.5 Å². The van der Waals surface area contributed by atoms with Crippen molar-refractivity contribution in [2.75, 3.05) is 39.0 Å². The number of hydrogen-bond donors (Lipinski definition) is 3. The van der Waals surface area contributed by atoms with E-state index in [0.717, 1.165) is 37.6 Å². The number of unbranched alkanes of at least 4 members (excludes halogenated alkanes) is 1. The van der Waals surface area contributed by atoms with E-state index in [9.17, 15) is 4.79 Å². The summed E-state index contributed by atoms with van der Waals surface area (Å²) in [6.45, 7) is 7.13. The smallest absolute Gasteiger partial charge is 0.225 e. The molecule has 0 fully saturated rings. The minimum absolute atomic E-state index is 0.0766. The molecule has 6 nitrogen and oxygen atoms in total. The summed E-state index contributed by atoms with van der Waals surface area (Å²) in [5.41, 5.74) is 2.11. The van der Waals surface area contributed by atoms with Gasteiger partial charge in [-0.05, 0) is 51.9 Å². The Balaban J connectivity index is 1.75. The van der Waals surface area contributed by atoms with E-state index < -0.39 is 0 Å². The number of carbonyl (C=O) groups is 1. The van der Waals surface area contributed by atoms with Crippen LogP contribution in [0.4, 0.5) is 5.69 Å². The average molecular weight is 360 g/mol. The predicted octanol–water partition coefficient (Wildman–Crippen LogP) is 2.40. The standard InChI is InChI=1S/C20H33N5O/c1-15(2)25(4)12-8-7-11-22-20(21-3)23-14-16-13-19(26)24-18-10-6-5-9-17(16)18/h5-6,9-10,15-16H,7-8,11-14H2,1-4H3,(H,24,26)(H2,21,22,23). The summed E-state index contributed by atoms with van der Waals surface area (Å²) in [6.07, 6.45) is 2.77. The van der Waals surface area contributed by atoms with Gasteiger partial charge in [0, 0.05) is 44.2 Å². The van der Waals surface area contributed by atoms with Crippen LogP contribution in [0, 0.1) is 0 Å². The van der Waals surface area contributed by atoms with Crippen molar-refractivity contribution in [1.29, 1.82) is 0 Å². The molecule has 1 amide bonds. The molecule has 1 atom stereocenters. The summed E-state index contributed by atoms with van der Waals surface area (Å²) in [4.78, 5) is 18.6. The highest BCUT2D eigenvalue weighted by Crippen LogP contribution is 2.31. The van der Waals surface area contributed by atoms with Gasteiger partial charge >= 0.3 is 0 Å². The zero-order valence-corrected chi connectivity index (χ0v) is 16.5. The molecule has 2 rings (SSSR count). The lowest BCUT2D eigenvalue weighted by molar-refractivity contribution is -0.116. The van der Waals surface area contributed by atoms with Crippen molar-refractivity contribution in [3.63, 3.8) is 0 Å². The molecule has 144 valence electrons. The second kappa shape index (κ2) is 10.2. The molecule has 0 bridgehead atoms. The number of fused-ring (bicyclic) bond motifs is 1. The van der Waals surface area contributed by atoms with Gasteiger partial charge in [0.15, 0.2) is 5.96 Å². The number of amides is 1. The van der Waals surface area contributed by atoms with Gasteiger partial charge in [-0.25, -0.2) is 0 Å². The van der Waals surface area contributed by atoms with Crippen LogP contribution in [0.2, 0.25) is 0 Å². The average Bonchev–Trinajstić information content (AvgIpc) is 2.63. The quantitative estimate of drug-likeness (QED) is 0.379. The van der Waals surface area contributed by atoms with Crippen LogP contribution in [0.3, 0.4) is 0 Å². The maximum Gasteiger partial charge on any atom is 0.225 e. The first-order valence-corrected chi connectivity index (χ1v) is 9.54. The molecule has 0 aromatic heterocycles. The third-order valence-corrected chi connectivity index (χ3v) is 4.96. The molecule has 1 aliphatic rings. The number of para-hydroxylation sites is 1. The van der Waals surface area contributed by atoms with Crippen LogP contribution in [0.1, 0.15) is 44.6 Å². The molecule has 1 heterocycles. The Labute approximate surface area is 157 Å². The van der Waals surface area contributed by atoms with E-state index in [1.807, 2.05) is 18.2 Å². The molecule has 1 aromatic rings. The zero-order chi connectivity index (χ0) is 18.9. The number of rotatable bonds is 8. The van der Waals surface area contributed by atoms with Gasteiger partial charge in [0.25, 0.3) is 0 Å². The van der Waals surface area contributed by atoms with Gasteiger partial charge in [0.1, 0.15) is 0 Å². The molecule has 0 aliphatic carbocycles. The molecular formula is C20H33N5O. The summed E-state index contributed by atoms with van der Waals surface area (Å²) in [5.74, 6) is 1.04. The summed E-state index contributed by atoms with van der Waals surface area (Å²) in [6, 6.07) is 8.60. The van der Waals surface area contributed by atoms with Gasteiger partial charge in [-0.15, -0.1) is 0 Å². The van der Waals surface area contributed by atoms with E-state index in [-0.39, 0.29) is 11.8 Å². The lowest BCUT2D eigenvalue weighted by Gasteiger charge is -2.26. The van der Waals surface area contributed by atoms with Crippen LogP contribution >= 0.6 is 0 Å². The van der Waals surface area contributed by atoms with Crippen molar-refractivity contribution in [2.45, 2.75) is 45.1 Å². The maximum atomic E-state index is 11.9. The van der Waals surface area contributed by atoms with Crippen molar-refractivity contribution < 1.29 is 4.79 Å². The second-order valence-corrected chi connectivity index (χ2v) is 7.20. The van der Waals surface area contributed by atoms with Crippen LogP contribution in [0.25, 0.3) is 0 Å². The number of nitrogens with zero attached hydrogens (tertiary/aromatic N) is 2. The monoisotopic (exact) mass is 359 g/mol. The molecule has 0 saturated heterocycles. The maximum absolute atomic E-state index is 11.9. The predicted molar refractivity (Wildman–Crippen MR) is 109 cm³/mol. The lowest BCUT2D eigenvalue weighted by atomic mass is 9.90. The van der Waals surface area contributed by atoms with E-state index in [0.29, 0.717) is 19.0 Å². The van der Waals surface area contributed by atoms with Gasteiger partial charge in [-0.3, -0.25) is 9.79 Å². The molecule has 0 saturated carbocycles. The van der Waals surface area contributed by atoms with Crippen molar-refractivity contribution in [2.24, 2.45) is 4.99 Å². The van der Waals surface area contributed by atoms with Crippen molar-refractivity contribution >= 4 is 17.6 Å². The Morgan fingerprint density at radius 2 is 2.08 bits per heavy atom. The van der Waals surface area contributed by atoms with Gasteiger partial charge in [0.05, 0.1) is 0 Å². The number of benzene rings is 1. The Morgan fingerprint density at radius 3 is 2.81 bits per heavy atom. The van der Waals surface area contributed by atoms with E-state index >= 15 is 0 Å². The summed E-state index contributed by atoms with van der Waals surface area (Å²) in [5, 5.41) is 9.67. The topological polar surface area (TPSA) is 68.8 Å². The summed E-state index contributed by atoms with van der Waals surface area (Å²) >= 11 is 0. The fraction of sp³-hybridized carbons (Fsp3) is 0.600. The fourth-order valence-electron chi connectivity index (χ4n) is 3.08. The SMILES string of the molecule is CN=C(NCCCCN(C)C(C)C)NCC1CC(=O)Nc2ccccc21. The number of anilines is 1. The highest BCUT2D eigenvalue weighted by Gasteiger charge is 2.24. The zero-order valence-electron chi connectivity index (χ0n) is 16.5. The third-order valence-electron chi connectivity index (χ3n) is 4.96.